The molecule has 0 bridgehead atoms. The lowest BCUT2D eigenvalue weighted by Crippen LogP contribution is -2.58. The monoisotopic (exact) mass is 713 g/mol. The molecule has 0 radical (unpaired) electrons. The highest BCUT2D eigenvalue weighted by molar-refractivity contribution is 5.91. The summed E-state index contributed by atoms with van der Waals surface area (Å²) in [6, 6.07) is 11.0. The van der Waals surface area contributed by atoms with E-state index in [0.717, 1.165) is 62.8 Å². The maximum absolute atomic E-state index is 14.0. The van der Waals surface area contributed by atoms with Gasteiger partial charge < -0.3 is 30.2 Å². The van der Waals surface area contributed by atoms with Crippen molar-refractivity contribution < 1.29 is 32.4 Å². The number of rotatable bonds is 8. The number of alkyl halides is 3. The lowest BCUT2D eigenvalue weighted by atomic mass is 9.97. The van der Waals surface area contributed by atoms with Crippen LogP contribution in [0, 0.1) is 0 Å². The van der Waals surface area contributed by atoms with Crippen molar-refractivity contribution in [2.75, 3.05) is 71.3 Å². The topological polar surface area (TPSA) is 101 Å². The van der Waals surface area contributed by atoms with Crippen molar-refractivity contribution in [1.29, 1.82) is 0 Å². The molecular weight excluding hydrogens is 663 g/mol. The number of hydrogen-bond acceptors (Lipinski definition) is 7. The minimum Gasteiger partial charge on any atom is -0.351 e. The molecule has 3 saturated heterocycles. The molecular formula is C37H50F3N7O4. The third-order valence-electron chi connectivity index (χ3n) is 10.9. The van der Waals surface area contributed by atoms with Crippen LogP contribution in [0.3, 0.4) is 0 Å². The molecule has 14 heteroatoms. The van der Waals surface area contributed by atoms with Crippen molar-refractivity contribution in [2.45, 2.75) is 76.2 Å². The van der Waals surface area contributed by atoms with E-state index in [4.69, 9.17) is 4.84 Å². The standard InChI is InChI=1S/C37H50F3N7O4/c1-3-27-24-26(8-9-31(27)37(38,39)40)25-33(34(48)45-22-20-44(21-23-45)29-11-15-43(2)16-12-29)42-36(50)51-46-17-13-30(14-18-46)47-19-10-28-6-4-5-7-32(28)41-35(47)49/h4-9,24,29-30,33H,3,10-23,25H2,1-2H3,(H,41,49)(H,42,50)/t33-/m1/s1. The third-order valence-corrected chi connectivity index (χ3v) is 10.9. The predicted molar refractivity (Wildman–Crippen MR) is 187 cm³/mol. The van der Waals surface area contributed by atoms with Crippen molar-refractivity contribution in [2.24, 2.45) is 0 Å². The van der Waals surface area contributed by atoms with E-state index >= 15 is 0 Å². The predicted octanol–water partition coefficient (Wildman–Crippen LogP) is 4.61. The summed E-state index contributed by atoms with van der Waals surface area (Å²) in [7, 11) is 2.13. The van der Waals surface area contributed by atoms with Gasteiger partial charge in [0.2, 0.25) is 5.91 Å². The van der Waals surface area contributed by atoms with Crippen LogP contribution >= 0.6 is 0 Å². The lowest BCUT2D eigenvalue weighted by Gasteiger charge is -2.42. The summed E-state index contributed by atoms with van der Waals surface area (Å²) >= 11 is 0. The number of hydrogen-bond donors (Lipinski definition) is 2. The van der Waals surface area contributed by atoms with E-state index in [-0.39, 0.29) is 36.4 Å². The van der Waals surface area contributed by atoms with Crippen molar-refractivity contribution in [3.05, 3.63) is 64.7 Å². The highest BCUT2D eigenvalue weighted by atomic mass is 19.4. The molecule has 2 aromatic rings. The summed E-state index contributed by atoms with van der Waals surface area (Å²) in [4.78, 5) is 54.4. The molecule has 4 aliphatic rings. The van der Waals surface area contributed by atoms with Crippen LogP contribution in [0.2, 0.25) is 0 Å². The van der Waals surface area contributed by atoms with Gasteiger partial charge in [-0.15, -0.1) is 5.06 Å². The number of para-hydroxylation sites is 1. The molecule has 0 spiro atoms. The van der Waals surface area contributed by atoms with E-state index in [1.807, 2.05) is 29.2 Å². The molecule has 11 nitrogen and oxygen atoms in total. The van der Waals surface area contributed by atoms with Crippen molar-refractivity contribution in [3.63, 3.8) is 0 Å². The summed E-state index contributed by atoms with van der Waals surface area (Å²) in [5.41, 5.74) is 1.90. The second kappa shape index (κ2) is 16.2. The fourth-order valence-corrected chi connectivity index (χ4v) is 7.94. The summed E-state index contributed by atoms with van der Waals surface area (Å²) in [5.74, 6) is -0.278. The first-order valence-corrected chi connectivity index (χ1v) is 18.3. The van der Waals surface area contributed by atoms with Crippen LogP contribution in [0.1, 0.15) is 54.9 Å². The normalized spacial score (nSPS) is 21.1. The number of amides is 4. The molecule has 4 heterocycles. The number of benzene rings is 2. The number of urea groups is 1. The maximum atomic E-state index is 14.0. The van der Waals surface area contributed by atoms with Crippen LogP contribution < -0.4 is 10.6 Å². The Hall–Kier alpha value is -3.88. The number of piperidine rings is 2. The van der Waals surface area contributed by atoms with E-state index in [0.29, 0.717) is 57.2 Å². The van der Waals surface area contributed by atoms with E-state index in [2.05, 4.69) is 27.5 Å². The minimum absolute atomic E-state index is 0.0165. The minimum atomic E-state index is -4.48. The smallest absolute Gasteiger partial charge is 0.351 e. The molecule has 2 N–H and O–H groups in total. The molecule has 4 amide bonds. The number of carbonyl (C=O) groups excluding carboxylic acids is 3. The first kappa shape index (κ1) is 36.9. The average Bonchev–Trinajstić information content (AvgIpc) is 3.29. The molecule has 0 saturated carbocycles. The number of hydroxylamine groups is 2. The molecule has 2 aromatic carbocycles. The fourth-order valence-electron chi connectivity index (χ4n) is 7.94. The van der Waals surface area contributed by atoms with Gasteiger partial charge in [-0.05, 0) is 87.5 Å². The molecule has 0 unspecified atom stereocenters. The Bertz CT molecular complexity index is 1530. The highest BCUT2D eigenvalue weighted by Gasteiger charge is 2.36. The van der Waals surface area contributed by atoms with Gasteiger partial charge in [-0.3, -0.25) is 9.69 Å². The zero-order valence-corrected chi connectivity index (χ0v) is 29.6. The number of anilines is 1. The van der Waals surface area contributed by atoms with E-state index in [1.165, 1.54) is 12.1 Å². The van der Waals surface area contributed by atoms with Gasteiger partial charge in [-0.1, -0.05) is 37.3 Å². The molecule has 3 fully saturated rings. The van der Waals surface area contributed by atoms with Crippen LogP contribution in [0.5, 0.6) is 0 Å². The number of nitrogens with zero attached hydrogens (tertiary/aromatic N) is 5. The van der Waals surface area contributed by atoms with Gasteiger partial charge >= 0.3 is 18.3 Å². The molecule has 0 aromatic heterocycles. The summed E-state index contributed by atoms with van der Waals surface area (Å²) in [6.07, 6.45) is -0.934. The zero-order valence-electron chi connectivity index (χ0n) is 29.6. The Morgan fingerprint density at radius 2 is 1.61 bits per heavy atom. The van der Waals surface area contributed by atoms with Gasteiger partial charge in [0.05, 0.1) is 5.56 Å². The second-order valence-corrected chi connectivity index (χ2v) is 14.2. The fraction of sp³-hybridized carbons (Fsp3) is 0.595. The number of aryl methyl sites for hydroxylation is 1. The van der Waals surface area contributed by atoms with E-state index in [1.54, 1.807) is 16.9 Å². The van der Waals surface area contributed by atoms with Crippen LogP contribution in [-0.4, -0.2) is 127 Å². The van der Waals surface area contributed by atoms with Crippen molar-refractivity contribution in [1.82, 2.24) is 30.0 Å². The first-order valence-electron chi connectivity index (χ1n) is 18.3. The van der Waals surface area contributed by atoms with Crippen LogP contribution in [0.25, 0.3) is 0 Å². The SMILES string of the molecule is CCc1cc(C[C@@H](NC(=O)ON2CCC(N3CCc4ccccc4NC3=O)CC2)C(=O)N2CCN(C3CCN(C)CC3)CC2)ccc1C(F)(F)F. The third kappa shape index (κ3) is 9.14. The van der Waals surface area contributed by atoms with Crippen LogP contribution in [-0.2, 0) is 35.1 Å². The number of likely N-dealkylation sites (tertiary alicyclic amines) is 1. The van der Waals surface area contributed by atoms with Crippen LogP contribution in [0.4, 0.5) is 28.4 Å². The van der Waals surface area contributed by atoms with Gasteiger partial charge in [-0.25, -0.2) is 9.59 Å². The van der Waals surface area contributed by atoms with Crippen LogP contribution in [0.15, 0.2) is 42.5 Å². The first-order chi connectivity index (χ1) is 24.5. The van der Waals surface area contributed by atoms with Gasteiger partial charge in [0.15, 0.2) is 0 Å². The molecule has 278 valence electrons. The Morgan fingerprint density at radius 1 is 0.922 bits per heavy atom. The summed E-state index contributed by atoms with van der Waals surface area (Å²) < 4.78 is 40.9. The highest BCUT2D eigenvalue weighted by Crippen LogP contribution is 2.33. The van der Waals surface area contributed by atoms with Gasteiger partial charge in [0.25, 0.3) is 0 Å². The second-order valence-electron chi connectivity index (χ2n) is 14.2. The van der Waals surface area contributed by atoms with Gasteiger partial charge in [0, 0.05) is 70.0 Å². The Kier molecular flexibility index (Phi) is 11.7. The molecule has 6 rings (SSSR count). The lowest BCUT2D eigenvalue weighted by molar-refractivity contribution is -0.138. The number of nitrogens with one attached hydrogen (secondary N) is 2. The van der Waals surface area contributed by atoms with E-state index in [9.17, 15) is 27.6 Å². The number of carbonyl (C=O) groups is 3. The van der Waals surface area contributed by atoms with Crippen molar-refractivity contribution in [3.8, 4) is 0 Å². The Balaban J connectivity index is 1.07. The maximum Gasteiger partial charge on any atom is 0.426 e. The summed E-state index contributed by atoms with van der Waals surface area (Å²) in [5, 5.41) is 7.32. The zero-order chi connectivity index (χ0) is 36.1. The quantitative estimate of drug-likeness (QED) is 0.413. The van der Waals surface area contributed by atoms with Crippen molar-refractivity contribution >= 4 is 23.7 Å². The molecule has 0 aliphatic carbocycles. The number of fused-ring (bicyclic) bond motifs is 1. The summed E-state index contributed by atoms with van der Waals surface area (Å²) in [6.45, 7) is 7.64. The molecule has 4 aliphatic heterocycles. The number of halogens is 3. The Morgan fingerprint density at radius 3 is 2.29 bits per heavy atom. The number of piperazine rings is 1. The van der Waals surface area contributed by atoms with E-state index < -0.39 is 23.9 Å². The largest absolute Gasteiger partial charge is 0.426 e. The molecule has 51 heavy (non-hydrogen) atoms. The van der Waals surface area contributed by atoms with Gasteiger partial charge in [-0.2, -0.15) is 13.2 Å². The Labute approximate surface area is 298 Å². The average molecular weight is 714 g/mol. The van der Waals surface area contributed by atoms with Gasteiger partial charge in [0.1, 0.15) is 6.04 Å². The molecule has 1 atom stereocenters.